The van der Waals surface area contributed by atoms with Gasteiger partial charge in [-0.05, 0) is 43.4 Å². The monoisotopic (exact) mass is 1230 g/mol. The van der Waals surface area contributed by atoms with E-state index in [0.717, 1.165) is 108 Å². The van der Waals surface area contributed by atoms with Crippen molar-refractivity contribution >= 4 is 39.5 Å². The molecule has 8 atom stereocenters. The lowest BCUT2D eigenvalue weighted by Crippen LogP contribution is -2.30. The number of esters is 4. The van der Waals surface area contributed by atoms with Gasteiger partial charge in [0.2, 0.25) is 0 Å². The Balaban J connectivity index is 5.26. The minimum atomic E-state index is -4.95. The van der Waals surface area contributed by atoms with Gasteiger partial charge >= 0.3 is 39.5 Å². The van der Waals surface area contributed by atoms with Gasteiger partial charge in [-0.3, -0.25) is 37.3 Å². The van der Waals surface area contributed by atoms with E-state index < -0.39 is 97.5 Å². The molecule has 0 heterocycles. The molecule has 0 aromatic carbocycles. The Labute approximate surface area is 505 Å². The Kier molecular flexibility index (Phi) is 54.1. The van der Waals surface area contributed by atoms with Gasteiger partial charge < -0.3 is 33.8 Å². The lowest BCUT2D eigenvalue weighted by Gasteiger charge is -2.21. The van der Waals surface area contributed by atoms with Crippen LogP contribution in [0.1, 0.15) is 312 Å². The van der Waals surface area contributed by atoms with E-state index in [1.165, 1.54) is 122 Å². The first-order valence-electron chi connectivity index (χ1n) is 33.5. The number of rotatable bonds is 62. The maximum atomic E-state index is 13.0. The summed E-state index contributed by atoms with van der Waals surface area (Å²) in [5.41, 5.74) is 0. The van der Waals surface area contributed by atoms with Gasteiger partial charge in [-0.15, -0.1) is 0 Å². The molecule has 0 radical (unpaired) electrons. The lowest BCUT2D eigenvalue weighted by molar-refractivity contribution is -0.161. The van der Waals surface area contributed by atoms with Gasteiger partial charge in [0.05, 0.1) is 26.4 Å². The molecule has 0 spiro atoms. The predicted octanol–water partition coefficient (Wildman–Crippen LogP) is 17.5. The number of aliphatic hydroxyl groups excluding tert-OH is 1. The summed E-state index contributed by atoms with van der Waals surface area (Å²) in [4.78, 5) is 72.2. The molecule has 3 N–H and O–H groups in total. The molecule has 19 heteroatoms. The van der Waals surface area contributed by atoms with Crippen LogP contribution in [0.15, 0.2) is 0 Å². The fourth-order valence-corrected chi connectivity index (χ4v) is 11.0. The zero-order chi connectivity index (χ0) is 61.7. The van der Waals surface area contributed by atoms with Crippen LogP contribution in [0.2, 0.25) is 0 Å². The molecule has 0 saturated heterocycles. The lowest BCUT2D eigenvalue weighted by atomic mass is 9.99. The zero-order valence-corrected chi connectivity index (χ0v) is 55.4. The molecule has 0 rings (SSSR count). The van der Waals surface area contributed by atoms with E-state index in [2.05, 4.69) is 48.5 Å². The van der Waals surface area contributed by atoms with Crippen molar-refractivity contribution in [1.82, 2.24) is 0 Å². The first-order valence-corrected chi connectivity index (χ1v) is 36.5. The van der Waals surface area contributed by atoms with Gasteiger partial charge in [0.15, 0.2) is 12.2 Å². The first kappa shape index (κ1) is 81.1. The minimum Gasteiger partial charge on any atom is -0.462 e. The Morgan fingerprint density at radius 3 is 0.855 bits per heavy atom. The van der Waals surface area contributed by atoms with Crippen molar-refractivity contribution in [1.29, 1.82) is 0 Å². The highest BCUT2D eigenvalue weighted by atomic mass is 31.2. The third-order valence-electron chi connectivity index (χ3n) is 15.7. The zero-order valence-electron chi connectivity index (χ0n) is 53.6. The van der Waals surface area contributed by atoms with Crippen molar-refractivity contribution in [2.45, 2.75) is 330 Å². The number of phosphoric ester groups is 2. The maximum absolute atomic E-state index is 13.0. The summed E-state index contributed by atoms with van der Waals surface area (Å²) < 4.78 is 68.0. The van der Waals surface area contributed by atoms with Crippen molar-refractivity contribution in [3.63, 3.8) is 0 Å². The Bertz CT molecular complexity index is 1650. The Morgan fingerprint density at radius 1 is 0.337 bits per heavy atom. The Morgan fingerprint density at radius 2 is 0.578 bits per heavy atom. The summed E-state index contributed by atoms with van der Waals surface area (Å²) in [7, 11) is -9.89. The van der Waals surface area contributed by atoms with Crippen molar-refractivity contribution in [2.75, 3.05) is 39.6 Å². The highest BCUT2D eigenvalue weighted by Gasteiger charge is 2.30. The third kappa shape index (κ3) is 55.1. The van der Waals surface area contributed by atoms with Crippen LogP contribution < -0.4 is 0 Å². The van der Waals surface area contributed by atoms with Crippen LogP contribution in [0, 0.1) is 17.8 Å². The number of carbonyl (C=O) groups is 4. The van der Waals surface area contributed by atoms with Crippen LogP contribution >= 0.6 is 15.6 Å². The van der Waals surface area contributed by atoms with Crippen molar-refractivity contribution in [3.8, 4) is 0 Å². The van der Waals surface area contributed by atoms with Gasteiger partial charge in [-0.2, -0.15) is 0 Å². The van der Waals surface area contributed by atoms with Gasteiger partial charge in [0.1, 0.15) is 19.3 Å². The fraction of sp³-hybridized carbons (Fsp3) is 0.938. The van der Waals surface area contributed by atoms with E-state index in [1.54, 1.807) is 0 Å². The molecule has 0 bridgehead atoms. The second kappa shape index (κ2) is 55.4. The van der Waals surface area contributed by atoms with Gasteiger partial charge in [-0.1, -0.05) is 260 Å². The van der Waals surface area contributed by atoms with E-state index in [-0.39, 0.29) is 25.7 Å². The molecule has 17 nitrogen and oxygen atoms in total. The summed E-state index contributed by atoms with van der Waals surface area (Å²) in [6, 6.07) is 0. The second-order valence-corrected chi connectivity index (χ2v) is 26.8. The molecule has 0 saturated carbocycles. The number of phosphoric acid groups is 2. The van der Waals surface area contributed by atoms with E-state index in [1.807, 2.05) is 0 Å². The fourth-order valence-electron chi connectivity index (χ4n) is 9.38. The van der Waals surface area contributed by atoms with Crippen LogP contribution in [0.5, 0.6) is 0 Å². The number of hydrogen-bond acceptors (Lipinski definition) is 15. The largest absolute Gasteiger partial charge is 0.472 e. The van der Waals surface area contributed by atoms with Crippen molar-refractivity contribution < 1.29 is 80.2 Å². The molecular weight excluding hydrogens is 1100 g/mol. The highest BCUT2D eigenvalue weighted by molar-refractivity contribution is 7.47. The standard InChI is InChI=1S/C64H124O17P2/c1-8-12-13-14-15-16-23-31-38-45-61(66)74-52-60(81-64(69)48-41-34-27-26-30-37-44-57(7)11-4)54-79-83(72,73)77-50-58(65)49-76-82(70,71)78-53-59(80-63(68)47-40-33-25-20-18-22-29-36-43-56(6)10-3)51-75-62(67)46-39-32-24-19-17-21-28-35-42-55(5)9-2/h55-60,65H,8-54H2,1-7H3,(H,70,71)(H,72,73)/t55?,56?,57?,58-,59-,60-/m1/s1. The molecule has 0 amide bonds. The van der Waals surface area contributed by atoms with Crippen molar-refractivity contribution in [2.24, 2.45) is 17.8 Å². The number of hydrogen-bond donors (Lipinski definition) is 3. The van der Waals surface area contributed by atoms with Gasteiger partial charge in [-0.25, -0.2) is 9.13 Å². The summed E-state index contributed by atoms with van der Waals surface area (Å²) in [6.45, 7) is 11.7. The second-order valence-electron chi connectivity index (χ2n) is 23.9. The molecule has 492 valence electrons. The molecule has 0 aliphatic rings. The molecule has 0 aromatic heterocycles. The number of carbonyl (C=O) groups excluding carboxylic acids is 4. The SMILES string of the molecule is CCCCCCCCCCCC(=O)OC[C@H](COP(=O)(O)OC[C@H](O)COP(=O)(O)OC[C@@H](COC(=O)CCCCCCCCCCC(C)CC)OC(=O)CCCCCCCCCCC(C)CC)OC(=O)CCCCCCCCC(C)CC. The summed E-state index contributed by atoms with van der Waals surface area (Å²) in [6.07, 6.45) is 36.1. The topological polar surface area (TPSA) is 237 Å². The molecule has 0 aliphatic heterocycles. The van der Waals surface area contributed by atoms with E-state index in [9.17, 15) is 43.2 Å². The number of ether oxygens (including phenoxy) is 4. The van der Waals surface area contributed by atoms with Crippen LogP contribution in [0.3, 0.4) is 0 Å². The third-order valence-corrected chi connectivity index (χ3v) is 17.6. The molecule has 83 heavy (non-hydrogen) atoms. The summed E-state index contributed by atoms with van der Waals surface area (Å²) in [5, 5.41) is 10.5. The maximum Gasteiger partial charge on any atom is 0.472 e. The highest BCUT2D eigenvalue weighted by Crippen LogP contribution is 2.45. The average Bonchev–Trinajstić information content (AvgIpc) is 3.47. The smallest absolute Gasteiger partial charge is 0.462 e. The average molecular weight is 1230 g/mol. The number of unbranched alkanes of at least 4 members (excludes halogenated alkanes) is 27. The molecule has 5 unspecified atom stereocenters. The quantitative estimate of drug-likeness (QED) is 0.0222. The first-order chi connectivity index (χ1) is 39.8. The molecule has 0 aliphatic carbocycles. The summed E-state index contributed by atoms with van der Waals surface area (Å²) >= 11 is 0. The normalized spacial score (nSPS) is 15.3. The molecule has 0 fully saturated rings. The minimum absolute atomic E-state index is 0.102. The van der Waals surface area contributed by atoms with Crippen LogP contribution in [0.25, 0.3) is 0 Å². The van der Waals surface area contributed by atoms with Crippen molar-refractivity contribution in [3.05, 3.63) is 0 Å². The Hall–Kier alpha value is -1.94. The van der Waals surface area contributed by atoms with E-state index in [4.69, 9.17) is 37.0 Å². The summed E-state index contributed by atoms with van der Waals surface area (Å²) in [5.74, 6) is 0.127. The molecule has 0 aromatic rings. The van der Waals surface area contributed by atoms with Gasteiger partial charge in [0.25, 0.3) is 0 Å². The van der Waals surface area contributed by atoms with Gasteiger partial charge in [0, 0.05) is 25.7 Å². The van der Waals surface area contributed by atoms with E-state index in [0.29, 0.717) is 25.7 Å². The van der Waals surface area contributed by atoms with Crippen LogP contribution in [0.4, 0.5) is 0 Å². The molecular formula is C64H124O17P2. The van der Waals surface area contributed by atoms with Crippen LogP contribution in [-0.2, 0) is 65.4 Å². The predicted molar refractivity (Wildman–Crippen MR) is 331 cm³/mol. The van der Waals surface area contributed by atoms with Crippen LogP contribution in [-0.4, -0.2) is 96.7 Å². The van der Waals surface area contributed by atoms with E-state index >= 15 is 0 Å². The number of aliphatic hydroxyl groups is 1.